The number of ether oxygens (including phenoxy) is 1. The van der Waals surface area contributed by atoms with Crippen molar-refractivity contribution in [3.63, 3.8) is 0 Å². The van der Waals surface area contributed by atoms with E-state index in [0.717, 1.165) is 28.0 Å². The summed E-state index contributed by atoms with van der Waals surface area (Å²) in [4.78, 5) is 23.5. The topological polar surface area (TPSA) is 67.4 Å². The third-order valence-corrected chi connectivity index (χ3v) is 4.22. The molecular weight excluding hydrogens is 316 g/mol. The van der Waals surface area contributed by atoms with Crippen molar-refractivity contribution in [3.05, 3.63) is 58.1 Å². The summed E-state index contributed by atoms with van der Waals surface area (Å²) in [6, 6.07) is 8.91. The monoisotopic (exact) mass is 340 g/mol. The van der Waals surface area contributed by atoms with Crippen LogP contribution in [0, 0.1) is 20.8 Å². The number of carbonyl (C=O) groups is 2. The molecule has 0 aliphatic rings. The summed E-state index contributed by atoms with van der Waals surface area (Å²) in [5.74, 6) is 0.533. The Kier molecular flexibility index (Phi) is 5.80. The van der Waals surface area contributed by atoms with Crippen LogP contribution in [0.4, 0.5) is 5.69 Å². The van der Waals surface area contributed by atoms with Crippen LogP contribution in [0.1, 0.15) is 39.5 Å². The molecule has 0 saturated carbocycles. The maximum absolute atomic E-state index is 12.4. The quantitative estimate of drug-likeness (QED) is 0.875. The zero-order valence-corrected chi connectivity index (χ0v) is 15.3. The second-order valence-corrected chi connectivity index (χ2v) is 6.08. The minimum Gasteiger partial charge on any atom is -0.496 e. The molecule has 0 aliphatic heterocycles. The van der Waals surface area contributed by atoms with Crippen molar-refractivity contribution in [2.75, 3.05) is 12.4 Å². The van der Waals surface area contributed by atoms with E-state index >= 15 is 0 Å². The Balaban J connectivity index is 2.14. The van der Waals surface area contributed by atoms with Crippen LogP contribution in [-0.2, 0) is 11.3 Å². The SMILES string of the molecule is COc1c(C)cc(CNC(=O)c2cccc(NC(C)=O)c2)c(C)c1C. The highest BCUT2D eigenvalue weighted by atomic mass is 16.5. The van der Waals surface area contributed by atoms with E-state index in [1.165, 1.54) is 6.92 Å². The highest BCUT2D eigenvalue weighted by Crippen LogP contribution is 2.28. The van der Waals surface area contributed by atoms with E-state index < -0.39 is 0 Å². The smallest absolute Gasteiger partial charge is 0.251 e. The molecule has 0 unspecified atom stereocenters. The van der Waals surface area contributed by atoms with Gasteiger partial charge in [-0.3, -0.25) is 9.59 Å². The number of amides is 2. The molecule has 2 rings (SSSR count). The Morgan fingerprint density at radius 1 is 1.08 bits per heavy atom. The fourth-order valence-corrected chi connectivity index (χ4v) is 2.86. The van der Waals surface area contributed by atoms with Crippen molar-refractivity contribution in [2.45, 2.75) is 34.2 Å². The number of aryl methyl sites for hydroxylation is 1. The zero-order valence-electron chi connectivity index (χ0n) is 15.3. The summed E-state index contributed by atoms with van der Waals surface area (Å²) in [5.41, 5.74) is 5.40. The summed E-state index contributed by atoms with van der Waals surface area (Å²) >= 11 is 0. The van der Waals surface area contributed by atoms with Gasteiger partial charge in [0.2, 0.25) is 5.91 Å². The molecule has 2 aromatic rings. The standard InChI is InChI=1S/C20H24N2O3/c1-12-9-17(13(2)14(3)19(12)25-5)11-21-20(24)16-7-6-8-18(10-16)22-15(4)23/h6-10H,11H2,1-5H3,(H,21,24)(H,22,23). The lowest BCUT2D eigenvalue weighted by Crippen LogP contribution is -2.23. The van der Waals surface area contributed by atoms with Gasteiger partial charge in [-0.05, 0) is 61.2 Å². The maximum atomic E-state index is 12.4. The number of nitrogens with one attached hydrogen (secondary N) is 2. The second kappa shape index (κ2) is 7.83. The zero-order chi connectivity index (χ0) is 18.6. The van der Waals surface area contributed by atoms with Crippen molar-refractivity contribution < 1.29 is 14.3 Å². The van der Waals surface area contributed by atoms with Gasteiger partial charge < -0.3 is 15.4 Å². The summed E-state index contributed by atoms with van der Waals surface area (Å²) in [5, 5.41) is 5.61. The fourth-order valence-electron chi connectivity index (χ4n) is 2.86. The Bertz CT molecular complexity index is 813. The van der Waals surface area contributed by atoms with E-state index in [2.05, 4.69) is 10.6 Å². The predicted molar refractivity (Wildman–Crippen MR) is 99.1 cm³/mol. The molecule has 132 valence electrons. The highest BCUT2D eigenvalue weighted by Gasteiger charge is 2.12. The molecule has 25 heavy (non-hydrogen) atoms. The van der Waals surface area contributed by atoms with Crippen LogP contribution in [0.5, 0.6) is 5.75 Å². The molecule has 0 radical (unpaired) electrons. The first kappa shape index (κ1) is 18.5. The number of carbonyl (C=O) groups excluding carboxylic acids is 2. The van der Waals surface area contributed by atoms with Gasteiger partial charge in [-0.2, -0.15) is 0 Å². The van der Waals surface area contributed by atoms with E-state index in [-0.39, 0.29) is 11.8 Å². The van der Waals surface area contributed by atoms with Crippen LogP contribution < -0.4 is 15.4 Å². The van der Waals surface area contributed by atoms with E-state index in [0.29, 0.717) is 17.8 Å². The predicted octanol–water partition coefficient (Wildman–Crippen LogP) is 3.51. The molecule has 2 N–H and O–H groups in total. The minimum absolute atomic E-state index is 0.169. The van der Waals surface area contributed by atoms with Crippen molar-refractivity contribution in [1.82, 2.24) is 5.32 Å². The van der Waals surface area contributed by atoms with E-state index in [9.17, 15) is 9.59 Å². The number of hydrogen-bond donors (Lipinski definition) is 2. The second-order valence-electron chi connectivity index (χ2n) is 6.08. The first-order valence-electron chi connectivity index (χ1n) is 8.13. The third kappa shape index (κ3) is 4.38. The van der Waals surface area contributed by atoms with Crippen molar-refractivity contribution in [1.29, 1.82) is 0 Å². The summed E-state index contributed by atoms with van der Waals surface area (Å²) in [7, 11) is 1.66. The number of methoxy groups -OCH3 is 1. The van der Waals surface area contributed by atoms with Gasteiger partial charge in [0.05, 0.1) is 7.11 Å². The molecule has 2 aromatic carbocycles. The van der Waals surface area contributed by atoms with Crippen LogP contribution in [-0.4, -0.2) is 18.9 Å². The van der Waals surface area contributed by atoms with Crippen LogP contribution in [0.3, 0.4) is 0 Å². The molecular formula is C20H24N2O3. The molecule has 0 atom stereocenters. The lowest BCUT2D eigenvalue weighted by molar-refractivity contribution is -0.114. The van der Waals surface area contributed by atoms with Gasteiger partial charge in [0.15, 0.2) is 0 Å². The van der Waals surface area contributed by atoms with Crippen molar-refractivity contribution >= 4 is 17.5 Å². The molecule has 5 heteroatoms. The number of hydrogen-bond acceptors (Lipinski definition) is 3. The first-order valence-corrected chi connectivity index (χ1v) is 8.13. The Labute approximate surface area is 148 Å². The number of anilines is 1. The van der Waals surface area contributed by atoms with Gasteiger partial charge in [-0.15, -0.1) is 0 Å². The van der Waals surface area contributed by atoms with E-state index in [1.54, 1.807) is 31.4 Å². The normalized spacial score (nSPS) is 10.3. The van der Waals surface area contributed by atoms with Gasteiger partial charge in [-0.1, -0.05) is 12.1 Å². The first-order chi connectivity index (χ1) is 11.8. The van der Waals surface area contributed by atoms with E-state index in [4.69, 9.17) is 4.74 Å². The molecule has 5 nitrogen and oxygen atoms in total. The molecule has 0 aliphatic carbocycles. The van der Waals surface area contributed by atoms with Crippen molar-refractivity contribution in [2.24, 2.45) is 0 Å². The van der Waals surface area contributed by atoms with Gasteiger partial charge in [0.1, 0.15) is 5.75 Å². The van der Waals surface area contributed by atoms with Crippen LogP contribution >= 0.6 is 0 Å². The van der Waals surface area contributed by atoms with Crippen LogP contribution in [0.2, 0.25) is 0 Å². The highest BCUT2D eigenvalue weighted by molar-refractivity contribution is 5.96. The average Bonchev–Trinajstić information content (AvgIpc) is 2.56. The van der Waals surface area contributed by atoms with Crippen LogP contribution in [0.25, 0.3) is 0 Å². The summed E-state index contributed by atoms with van der Waals surface area (Å²) in [6.45, 7) is 7.90. The van der Waals surface area contributed by atoms with Gasteiger partial charge in [-0.25, -0.2) is 0 Å². The lowest BCUT2D eigenvalue weighted by Gasteiger charge is -2.16. The van der Waals surface area contributed by atoms with Gasteiger partial charge in [0, 0.05) is 24.7 Å². The third-order valence-electron chi connectivity index (χ3n) is 4.22. The molecule has 0 fully saturated rings. The summed E-state index contributed by atoms with van der Waals surface area (Å²) in [6.07, 6.45) is 0. The van der Waals surface area contributed by atoms with Crippen LogP contribution in [0.15, 0.2) is 30.3 Å². The van der Waals surface area contributed by atoms with Crippen molar-refractivity contribution in [3.8, 4) is 5.75 Å². The van der Waals surface area contributed by atoms with Gasteiger partial charge >= 0.3 is 0 Å². The Hall–Kier alpha value is -2.82. The number of rotatable bonds is 5. The number of benzene rings is 2. The van der Waals surface area contributed by atoms with Gasteiger partial charge in [0.25, 0.3) is 5.91 Å². The lowest BCUT2D eigenvalue weighted by atomic mass is 9.98. The molecule has 0 spiro atoms. The average molecular weight is 340 g/mol. The molecule has 0 bridgehead atoms. The fraction of sp³-hybridized carbons (Fsp3) is 0.300. The largest absolute Gasteiger partial charge is 0.496 e. The molecule has 2 amide bonds. The Morgan fingerprint density at radius 3 is 2.44 bits per heavy atom. The molecule has 0 aromatic heterocycles. The Morgan fingerprint density at radius 2 is 1.80 bits per heavy atom. The van der Waals surface area contributed by atoms with E-state index in [1.807, 2.05) is 26.8 Å². The minimum atomic E-state index is -0.183. The summed E-state index contributed by atoms with van der Waals surface area (Å²) < 4.78 is 5.43. The maximum Gasteiger partial charge on any atom is 0.251 e. The molecule has 0 heterocycles. The molecule has 0 saturated heterocycles.